The predicted molar refractivity (Wildman–Crippen MR) is 149 cm³/mol. The number of phenols is 1. The maximum atomic E-state index is 14.2. The zero-order valence-corrected chi connectivity index (χ0v) is 24.8. The van der Waals surface area contributed by atoms with Crippen molar-refractivity contribution >= 4 is 23.3 Å². The minimum Gasteiger partial charge on any atom is -0.508 e. The van der Waals surface area contributed by atoms with Crippen LogP contribution in [0, 0.1) is 16.7 Å². The van der Waals surface area contributed by atoms with E-state index in [1.807, 2.05) is 6.92 Å². The number of aromatic hydroxyl groups is 1. The molecule has 0 radical (unpaired) electrons. The summed E-state index contributed by atoms with van der Waals surface area (Å²) in [7, 11) is 0. The van der Waals surface area contributed by atoms with Crippen molar-refractivity contribution in [2.45, 2.75) is 91.8 Å². The fourth-order valence-corrected chi connectivity index (χ4v) is 7.61. The molecule has 3 aliphatic rings. The van der Waals surface area contributed by atoms with E-state index in [0.29, 0.717) is 29.5 Å². The van der Waals surface area contributed by atoms with E-state index in [1.165, 1.54) is 13.8 Å². The van der Waals surface area contributed by atoms with Gasteiger partial charge in [-0.1, -0.05) is 51.8 Å². The van der Waals surface area contributed by atoms with Gasteiger partial charge in [-0.05, 0) is 57.1 Å². The average Bonchev–Trinajstić information content (AvgIpc) is 2.89. The number of carbonyl (C=O) groups is 4. The number of ether oxygens (including phenoxy) is 1. The molecule has 0 heterocycles. The molecule has 4 rings (SSSR count). The lowest BCUT2D eigenvalue weighted by atomic mass is 9.44. The van der Waals surface area contributed by atoms with Gasteiger partial charge in [0.1, 0.15) is 11.5 Å². The standard InChI is InChI=1S/C32H40O9/c1-8-10-19(28(38)41-9-2)13-18-11-12-20-16(4)31(7)23(25(35)22(20)24(18)34)27(37)32(40)26(36)21(17(5)33)15(3)14-30(32,6)29(31)39/h11-12,16,19,29,34,37,39-40H,8-10,13-14H2,1-7H3. The SMILES string of the molecule is CCCC(Cc1ccc2c(c1O)C(=O)C1=C(O)C3(O)C(=O)C(C(C)=O)=C(C)CC3(C)C(O)C1(C)C2C)C(=O)OCC. The maximum Gasteiger partial charge on any atom is 0.309 e. The van der Waals surface area contributed by atoms with Gasteiger partial charge in [0.05, 0.1) is 35.3 Å². The Labute approximate surface area is 239 Å². The highest BCUT2D eigenvalue weighted by molar-refractivity contribution is 6.25. The van der Waals surface area contributed by atoms with Crippen LogP contribution in [0.4, 0.5) is 0 Å². The fraction of sp³-hybridized carbons (Fsp3) is 0.562. The lowest BCUT2D eigenvalue weighted by molar-refractivity contribution is -0.188. The summed E-state index contributed by atoms with van der Waals surface area (Å²) in [6, 6.07) is 3.34. The van der Waals surface area contributed by atoms with Gasteiger partial charge in [-0.2, -0.15) is 0 Å². The number of Topliss-reactive ketones (excluding diaryl/α,β-unsaturated/α-hetero) is 3. The second-order valence-electron chi connectivity index (χ2n) is 12.3. The fourth-order valence-electron chi connectivity index (χ4n) is 7.61. The van der Waals surface area contributed by atoms with Gasteiger partial charge in [0, 0.05) is 10.8 Å². The smallest absolute Gasteiger partial charge is 0.309 e. The van der Waals surface area contributed by atoms with E-state index < -0.39 is 63.4 Å². The monoisotopic (exact) mass is 568 g/mol. The Morgan fingerprint density at radius 3 is 2.34 bits per heavy atom. The van der Waals surface area contributed by atoms with Crippen molar-refractivity contribution in [3.05, 3.63) is 51.3 Å². The number of hydrogen-bond donors (Lipinski definition) is 4. The molecule has 0 amide bonds. The van der Waals surface area contributed by atoms with E-state index in [-0.39, 0.29) is 41.9 Å². The van der Waals surface area contributed by atoms with E-state index >= 15 is 0 Å². The number of aliphatic hydroxyl groups excluding tert-OH is 2. The van der Waals surface area contributed by atoms with E-state index in [9.17, 15) is 39.6 Å². The van der Waals surface area contributed by atoms with E-state index in [4.69, 9.17) is 4.74 Å². The summed E-state index contributed by atoms with van der Waals surface area (Å²) in [6.45, 7) is 11.4. The molecule has 41 heavy (non-hydrogen) atoms. The maximum absolute atomic E-state index is 14.2. The topological polar surface area (TPSA) is 158 Å². The van der Waals surface area contributed by atoms with Gasteiger partial charge in [0.2, 0.25) is 5.78 Å². The van der Waals surface area contributed by atoms with Crippen molar-refractivity contribution in [1.29, 1.82) is 0 Å². The summed E-state index contributed by atoms with van der Waals surface area (Å²) in [5.74, 6) is -5.37. The van der Waals surface area contributed by atoms with Crippen LogP contribution >= 0.6 is 0 Å². The quantitative estimate of drug-likeness (QED) is 0.281. The molecule has 1 aromatic carbocycles. The molecule has 6 atom stereocenters. The lowest BCUT2D eigenvalue weighted by Gasteiger charge is -2.60. The molecule has 6 unspecified atom stereocenters. The number of benzene rings is 1. The number of aliphatic hydroxyl groups is 3. The Balaban J connectivity index is 1.94. The summed E-state index contributed by atoms with van der Waals surface area (Å²) in [5, 5.41) is 47.0. The van der Waals surface area contributed by atoms with Crippen molar-refractivity contribution in [3.8, 4) is 5.75 Å². The highest BCUT2D eigenvalue weighted by atomic mass is 16.5. The largest absolute Gasteiger partial charge is 0.508 e. The van der Waals surface area contributed by atoms with Crippen LogP contribution in [0.25, 0.3) is 0 Å². The van der Waals surface area contributed by atoms with E-state index in [2.05, 4.69) is 0 Å². The third-order valence-corrected chi connectivity index (χ3v) is 9.92. The first kappa shape index (κ1) is 30.7. The number of rotatable bonds is 7. The molecular weight excluding hydrogens is 528 g/mol. The van der Waals surface area contributed by atoms with Crippen LogP contribution in [0.15, 0.2) is 34.6 Å². The molecule has 0 aliphatic heterocycles. The summed E-state index contributed by atoms with van der Waals surface area (Å²) in [5.41, 5.74) is -5.44. The Hall–Kier alpha value is -3.30. The van der Waals surface area contributed by atoms with Crippen molar-refractivity contribution in [3.63, 3.8) is 0 Å². The van der Waals surface area contributed by atoms with Crippen LogP contribution in [-0.4, -0.2) is 62.1 Å². The number of fused-ring (bicyclic) bond motifs is 3. The highest BCUT2D eigenvalue weighted by Gasteiger charge is 2.72. The summed E-state index contributed by atoms with van der Waals surface area (Å²) in [4.78, 5) is 52.8. The second-order valence-corrected chi connectivity index (χ2v) is 12.3. The summed E-state index contributed by atoms with van der Waals surface area (Å²) >= 11 is 0. The number of ketones is 3. The first-order valence-corrected chi connectivity index (χ1v) is 14.2. The van der Waals surface area contributed by atoms with Crippen molar-refractivity contribution in [2.75, 3.05) is 6.61 Å². The predicted octanol–water partition coefficient (Wildman–Crippen LogP) is 4.02. The minimum absolute atomic E-state index is 0.0666. The summed E-state index contributed by atoms with van der Waals surface area (Å²) < 4.78 is 5.20. The average molecular weight is 569 g/mol. The number of carbonyl (C=O) groups excluding carboxylic acids is 4. The first-order chi connectivity index (χ1) is 19.0. The Morgan fingerprint density at radius 1 is 1.15 bits per heavy atom. The van der Waals surface area contributed by atoms with Crippen molar-refractivity contribution in [1.82, 2.24) is 0 Å². The zero-order valence-electron chi connectivity index (χ0n) is 24.8. The number of allylic oxidation sites excluding steroid dienone is 1. The summed E-state index contributed by atoms with van der Waals surface area (Å²) in [6.07, 6.45) is -0.239. The third kappa shape index (κ3) is 3.96. The number of phenolic OH excluding ortho intramolecular Hbond substituents is 1. The van der Waals surface area contributed by atoms with Crippen LogP contribution < -0.4 is 0 Å². The van der Waals surface area contributed by atoms with Crippen molar-refractivity contribution in [2.24, 2.45) is 16.7 Å². The molecular formula is C32H40O9. The highest BCUT2D eigenvalue weighted by Crippen LogP contribution is 2.65. The second kappa shape index (κ2) is 10.2. The third-order valence-electron chi connectivity index (χ3n) is 9.92. The molecule has 1 aromatic rings. The molecule has 0 aromatic heterocycles. The Morgan fingerprint density at radius 2 is 1.78 bits per heavy atom. The number of esters is 1. The molecule has 0 fully saturated rings. The molecule has 0 saturated heterocycles. The molecule has 0 spiro atoms. The van der Waals surface area contributed by atoms with Gasteiger partial charge in [0.15, 0.2) is 17.2 Å². The van der Waals surface area contributed by atoms with Crippen LogP contribution in [0.2, 0.25) is 0 Å². The van der Waals surface area contributed by atoms with Gasteiger partial charge in [0.25, 0.3) is 0 Å². The molecule has 222 valence electrons. The van der Waals surface area contributed by atoms with Gasteiger partial charge < -0.3 is 25.2 Å². The lowest BCUT2D eigenvalue weighted by Crippen LogP contribution is -2.70. The van der Waals surface area contributed by atoms with Crippen molar-refractivity contribution < 1.29 is 44.3 Å². The molecule has 0 bridgehead atoms. The molecule has 0 saturated carbocycles. The Kier molecular flexibility index (Phi) is 7.63. The van der Waals surface area contributed by atoms with Crippen LogP contribution in [0.5, 0.6) is 5.75 Å². The minimum atomic E-state index is -2.74. The molecule has 3 aliphatic carbocycles. The van der Waals surface area contributed by atoms with Crippen LogP contribution in [0.1, 0.15) is 95.1 Å². The Bertz CT molecular complexity index is 1420. The van der Waals surface area contributed by atoms with Crippen LogP contribution in [0.3, 0.4) is 0 Å². The molecule has 9 heteroatoms. The first-order valence-electron chi connectivity index (χ1n) is 14.2. The van der Waals surface area contributed by atoms with Gasteiger partial charge in [-0.15, -0.1) is 0 Å². The van der Waals surface area contributed by atoms with Gasteiger partial charge >= 0.3 is 5.97 Å². The normalized spacial score (nSPS) is 31.8. The van der Waals surface area contributed by atoms with Gasteiger partial charge in [-0.3, -0.25) is 19.2 Å². The zero-order chi connectivity index (χ0) is 30.8. The van der Waals surface area contributed by atoms with E-state index in [1.54, 1.807) is 39.8 Å². The molecule has 9 nitrogen and oxygen atoms in total. The molecule has 4 N–H and O–H groups in total. The van der Waals surface area contributed by atoms with Crippen LogP contribution in [-0.2, 0) is 25.5 Å². The van der Waals surface area contributed by atoms with E-state index in [0.717, 1.165) is 0 Å². The number of hydrogen-bond acceptors (Lipinski definition) is 9. The van der Waals surface area contributed by atoms with Gasteiger partial charge in [-0.25, -0.2) is 0 Å².